The zero-order valence-corrected chi connectivity index (χ0v) is 32.4. The third kappa shape index (κ3) is 33.2. The van der Waals surface area contributed by atoms with Crippen molar-refractivity contribution >= 4 is 18.4 Å². The van der Waals surface area contributed by atoms with Gasteiger partial charge in [0, 0.05) is 32.0 Å². The molecule has 0 rings (SSSR count). The van der Waals surface area contributed by atoms with Crippen molar-refractivity contribution in [2.45, 2.75) is 200 Å². The lowest BCUT2D eigenvalue weighted by atomic mass is 10.0. The van der Waals surface area contributed by atoms with Crippen LogP contribution < -0.4 is 0 Å². The second-order valence-corrected chi connectivity index (χ2v) is 14.2. The molecule has 8 nitrogen and oxygen atoms in total. The first-order valence-electron chi connectivity index (χ1n) is 20.8. The van der Waals surface area contributed by atoms with Gasteiger partial charge in [-0.25, -0.2) is 4.79 Å². The number of hydrogen-bond donors (Lipinski definition) is 1. The predicted molar refractivity (Wildman–Crippen MR) is 202 cm³/mol. The van der Waals surface area contributed by atoms with Gasteiger partial charge in [0.1, 0.15) is 12.4 Å². The standard InChI is InChI=1S/C41H79NO7/c1-4-7-10-12-15-19-28-39(29-20-16-13-11-8-5-2)49-40(45)30-21-17-14-18-23-31-42(32-26-33-43)36-38(37-44)27-22-25-35-48-41(46)47-34-24-9-6-3/h37-39,43H,4-36H2,1-3H3. The maximum atomic E-state index is 12.7. The van der Waals surface area contributed by atoms with Gasteiger partial charge in [-0.1, -0.05) is 117 Å². The zero-order valence-electron chi connectivity index (χ0n) is 32.4. The molecule has 49 heavy (non-hydrogen) atoms. The van der Waals surface area contributed by atoms with Crippen molar-refractivity contribution in [2.75, 3.05) is 39.5 Å². The van der Waals surface area contributed by atoms with Gasteiger partial charge in [0.15, 0.2) is 0 Å². The van der Waals surface area contributed by atoms with Gasteiger partial charge in [-0.2, -0.15) is 0 Å². The summed E-state index contributed by atoms with van der Waals surface area (Å²) in [5.74, 6) is -0.0948. The molecule has 0 aromatic rings. The van der Waals surface area contributed by atoms with Crippen molar-refractivity contribution in [3.63, 3.8) is 0 Å². The van der Waals surface area contributed by atoms with E-state index in [1.54, 1.807) is 0 Å². The minimum atomic E-state index is -0.607. The van der Waals surface area contributed by atoms with Gasteiger partial charge in [-0.05, 0) is 77.2 Å². The Morgan fingerprint density at radius 3 is 1.63 bits per heavy atom. The first-order valence-corrected chi connectivity index (χ1v) is 20.8. The largest absolute Gasteiger partial charge is 0.508 e. The number of esters is 1. The van der Waals surface area contributed by atoms with Crippen LogP contribution in [-0.2, 0) is 23.8 Å². The minimum absolute atomic E-state index is 0.0223. The van der Waals surface area contributed by atoms with Crippen LogP contribution in [0.4, 0.5) is 4.79 Å². The van der Waals surface area contributed by atoms with E-state index >= 15 is 0 Å². The summed E-state index contributed by atoms with van der Waals surface area (Å²) in [6, 6.07) is 0. The topological polar surface area (TPSA) is 102 Å². The van der Waals surface area contributed by atoms with Gasteiger partial charge in [0.25, 0.3) is 0 Å². The molecule has 0 heterocycles. The second kappa shape index (κ2) is 37.6. The van der Waals surface area contributed by atoms with Crippen molar-refractivity contribution in [3.05, 3.63) is 0 Å². The van der Waals surface area contributed by atoms with Crippen LogP contribution in [0.3, 0.4) is 0 Å². The van der Waals surface area contributed by atoms with Crippen molar-refractivity contribution < 1.29 is 33.7 Å². The molecule has 0 aliphatic rings. The number of ether oxygens (including phenoxy) is 3. The van der Waals surface area contributed by atoms with Gasteiger partial charge in [0.05, 0.1) is 13.2 Å². The van der Waals surface area contributed by atoms with E-state index in [9.17, 15) is 19.5 Å². The quantitative estimate of drug-likeness (QED) is 0.0386. The molecule has 0 amide bonds. The number of rotatable bonds is 38. The third-order valence-electron chi connectivity index (χ3n) is 9.39. The van der Waals surface area contributed by atoms with Gasteiger partial charge in [-0.3, -0.25) is 4.79 Å². The summed E-state index contributed by atoms with van der Waals surface area (Å²) >= 11 is 0. The van der Waals surface area contributed by atoms with Gasteiger partial charge < -0.3 is 29.0 Å². The van der Waals surface area contributed by atoms with Crippen LogP contribution in [-0.4, -0.2) is 74.0 Å². The van der Waals surface area contributed by atoms with E-state index in [2.05, 4.69) is 25.7 Å². The van der Waals surface area contributed by atoms with E-state index in [0.29, 0.717) is 39.0 Å². The molecule has 0 saturated heterocycles. The summed E-state index contributed by atoms with van der Waals surface area (Å²) < 4.78 is 16.2. The zero-order chi connectivity index (χ0) is 36.0. The van der Waals surface area contributed by atoms with Crippen LogP contribution in [0.15, 0.2) is 0 Å². The predicted octanol–water partition coefficient (Wildman–Crippen LogP) is 10.8. The number of aliphatic hydroxyl groups is 1. The SMILES string of the molecule is CCCCCCCCC(CCCCCCCC)OC(=O)CCCCCCCN(CCCO)CC(C=O)CCCCOC(=O)OCCCCC. The molecule has 0 radical (unpaired) electrons. The molecule has 0 aromatic heterocycles. The maximum Gasteiger partial charge on any atom is 0.508 e. The van der Waals surface area contributed by atoms with Crippen LogP contribution in [0, 0.1) is 5.92 Å². The molecule has 1 atom stereocenters. The van der Waals surface area contributed by atoms with E-state index in [0.717, 1.165) is 109 Å². The first-order chi connectivity index (χ1) is 24.0. The summed E-state index contributed by atoms with van der Waals surface area (Å²) in [7, 11) is 0. The van der Waals surface area contributed by atoms with E-state index < -0.39 is 6.16 Å². The Balaban J connectivity index is 4.29. The lowest BCUT2D eigenvalue weighted by Gasteiger charge is -2.25. The molecular weight excluding hydrogens is 618 g/mol. The fourth-order valence-corrected chi connectivity index (χ4v) is 6.28. The molecule has 8 heteroatoms. The Bertz CT molecular complexity index is 719. The Morgan fingerprint density at radius 1 is 0.592 bits per heavy atom. The van der Waals surface area contributed by atoms with E-state index in [4.69, 9.17) is 14.2 Å². The molecule has 0 aliphatic heterocycles. The Hall–Kier alpha value is -1.67. The molecule has 1 unspecified atom stereocenters. The molecule has 0 fully saturated rings. The average molecular weight is 698 g/mol. The van der Waals surface area contributed by atoms with E-state index in [1.807, 2.05) is 0 Å². The van der Waals surface area contributed by atoms with Crippen LogP contribution >= 0.6 is 0 Å². The third-order valence-corrected chi connectivity index (χ3v) is 9.39. The average Bonchev–Trinajstić information content (AvgIpc) is 3.10. The lowest BCUT2D eigenvalue weighted by Crippen LogP contribution is -2.32. The summed E-state index contributed by atoms with van der Waals surface area (Å²) in [6.07, 6.45) is 29.3. The Kier molecular flexibility index (Phi) is 36.3. The van der Waals surface area contributed by atoms with Crippen molar-refractivity contribution in [1.82, 2.24) is 4.90 Å². The maximum absolute atomic E-state index is 12.7. The normalized spacial score (nSPS) is 12.0. The molecule has 0 bridgehead atoms. The van der Waals surface area contributed by atoms with Crippen molar-refractivity contribution in [3.8, 4) is 0 Å². The van der Waals surface area contributed by atoms with Crippen LogP contribution in [0.5, 0.6) is 0 Å². The number of aliphatic hydroxyl groups excluding tert-OH is 1. The number of aldehydes is 1. The Morgan fingerprint density at radius 2 is 1.06 bits per heavy atom. The highest BCUT2D eigenvalue weighted by atomic mass is 16.7. The number of unbranched alkanes of at least 4 members (excludes halogenated alkanes) is 17. The number of nitrogens with zero attached hydrogens (tertiary/aromatic N) is 1. The van der Waals surface area contributed by atoms with Crippen molar-refractivity contribution in [2.24, 2.45) is 5.92 Å². The second-order valence-electron chi connectivity index (χ2n) is 14.2. The fraction of sp³-hybridized carbons (Fsp3) is 0.927. The van der Waals surface area contributed by atoms with Crippen LogP contribution in [0.1, 0.15) is 194 Å². The highest BCUT2D eigenvalue weighted by Crippen LogP contribution is 2.18. The summed E-state index contributed by atoms with van der Waals surface area (Å²) in [5.41, 5.74) is 0. The fourth-order valence-electron chi connectivity index (χ4n) is 6.28. The summed E-state index contributed by atoms with van der Waals surface area (Å²) in [4.78, 5) is 38.4. The highest BCUT2D eigenvalue weighted by molar-refractivity contribution is 5.69. The van der Waals surface area contributed by atoms with Crippen molar-refractivity contribution in [1.29, 1.82) is 0 Å². The molecule has 1 N–H and O–H groups in total. The molecule has 290 valence electrons. The monoisotopic (exact) mass is 698 g/mol. The summed E-state index contributed by atoms with van der Waals surface area (Å²) in [6.45, 7) is 9.82. The smallest absolute Gasteiger partial charge is 0.462 e. The van der Waals surface area contributed by atoms with Crippen LogP contribution in [0.25, 0.3) is 0 Å². The molecule has 0 spiro atoms. The molecule has 0 aromatic carbocycles. The number of hydrogen-bond acceptors (Lipinski definition) is 8. The minimum Gasteiger partial charge on any atom is -0.462 e. The van der Waals surface area contributed by atoms with E-state index in [1.165, 1.54) is 64.2 Å². The number of carbonyl (C=O) groups excluding carboxylic acids is 3. The number of carbonyl (C=O) groups is 3. The van der Waals surface area contributed by atoms with E-state index in [-0.39, 0.29) is 24.6 Å². The van der Waals surface area contributed by atoms with Gasteiger partial charge in [-0.15, -0.1) is 0 Å². The van der Waals surface area contributed by atoms with Gasteiger partial charge in [0.2, 0.25) is 0 Å². The highest BCUT2D eigenvalue weighted by Gasteiger charge is 2.16. The van der Waals surface area contributed by atoms with Crippen LogP contribution in [0.2, 0.25) is 0 Å². The lowest BCUT2D eigenvalue weighted by molar-refractivity contribution is -0.150. The molecular formula is C41H79NO7. The Labute approximate surface area is 302 Å². The van der Waals surface area contributed by atoms with Gasteiger partial charge >= 0.3 is 12.1 Å². The molecule has 0 saturated carbocycles. The molecule has 0 aliphatic carbocycles. The first kappa shape index (κ1) is 47.3. The summed E-state index contributed by atoms with van der Waals surface area (Å²) in [5, 5.41) is 9.38.